The molecule has 1 aliphatic rings. The van der Waals surface area contributed by atoms with E-state index >= 15 is 0 Å². The minimum atomic E-state index is -2.77. The number of halogens is 2. The van der Waals surface area contributed by atoms with Crippen molar-refractivity contribution in [2.24, 2.45) is 13.0 Å². The Hall–Kier alpha value is -3.82. The van der Waals surface area contributed by atoms with Crippen LogP contribution in [-0.2, 0) is 11.8 Å². The molecule has 2 atom stereocenters. The Labute approximate surface area is 214 Å². The summed E-state index contributed by atoms with van der Waals surface area (Å²) in [6.07, 6.45) is 3.18. The summed E-state index contributed by atoms with van der Waals surface area (Å²) in [6, 6.07) is 9.33. The lowest BCUT2D eigenvalue weighted by molar-refractivity contribution is -0.611. The van der Waals surface area contributed by atoms with Gasteiger partial charge in [0.05, 0.1) is 5.56 Å². The highest BCUT2D eigenvalue weighted by atomic mass is 19.3. The van der Waals surface area contributed by atoms with Crippen molar-refractivity contribution < 1.29 is 23.1 Å². The zero-order valence-corrected chi connectivity index (χ0v) is 21.1. The van der Waals surface area contributed by atoms with E-state index in [1.165, 1.54) is 23.1 Å². The fraction of sp³-hybridized carbons (Fsp3) is 0.407. The van der Waals surface area contributed by atoms with Gasteiger partial charge in [0, 0.05) is 44.8 Å². The summed E-state index contributed by atoms with van der Waals surface area (Å²) >= 11 is 0. The van der Waals surface area contributed by atoms with E-state index in [1.54, 1.807) is 44.3 Å². The molecular weight excluding hydrogens is 480 g/mol. The predicted octanol–water partition coefficient (Wildman–Crippen LogP) is 4.29. The van der Waals surface area contributed by atoms with Crippen LogP contribution >= 0.6 is 0 Å². The van der Waals surface area contributed by atoms with Gasteiger partial charge in [-0.25, -0.2) is 8.78 Å². The third-order valence-corrected chi connectivity index (χ3v) is 7.08. The molecule has 4 rings (SSSR count). The summed E-state index contributed by atoms with van der Waals surface area (Å²) in [5.74, 6) is -4.17. The number of hydrogen-bond acceptors (Lipinski definition) is 4. The molecule has 37 heavy (non-hydrogen) atoms. The van der Waals surface area contributed by atoms with Crippen LogP contribution in [-0.4, -0.2) is 33.6 Å². The van der Waals surface area contributed by atoms with E-state index in [1.807, 2.05) is 6.92 Å². The molecule has 2 N–H and O–H groups in total. The first-order valence-electron chi connectivity index (χ1n) is 12.3. The van der Waals surface area contributed by atoms with Crippen LogP contribution in [0.5, 0.6) is 0 Å². The number of benzene rings is 1. The van der Waals surface area contributed by atoms with E-state index in [0.717, 1.165) is 21.4 Å². The number of anilines is 1. The van der Waals surface area contributed by atoms with Crippen LogP contribution in [0, 0.1) is 25.0 Å². The Balaban J connectivity index is 1.55. The Morgan fingerprint density at radius 1 is 1.14 bits per heavy atom. The number of nitrogens with one attached hydrogen (secondary N) is 2. The van der Waals surface area contributed by atoms with Crippen LogP contribution < -0.4 is 15.4 Å². The molecule has 1 saturated carbocycles. The van der Waals surface area contributed by atoms with E-state index in [-0.39, 0.29) is 31.4 Å². The predicted molar refractivity (Wildman–Crippen MR) is 135 cm³/mol. The molecule has 10 heteroatoms. The second-order valence-electron chi connectivity index (χ2n) is 9.69. The van der Waals surface area contributed by atoms with E-state index in [9.17, 15) is 23.6 Å². The minimum absolute atomic E-state index is 0.122. The third-order valence-electron chi connectivity index (χ3n) is 7.08. The van der Waals surface area contributed by atoms with Gasteiger partial charge in [-0.2, -0.15) is 9.83 Å². The number of rotatable bonds is 6. The number of aryl methyl sites for hydroxylation is 2. The number of carbonyl (C=O) groups excluding carboxylic acids is 2. The Morgan fingerprint density at radius 2 is 1.86 bits per heavy atom. The van der Waals surface area contributed by atoms with E-state index < -0.39 is 29.7 Å². The normalized spacial score (nSPS) is 18.0. The van der Waals surface area contributed by atoms with Crippen molar-refractivity contribution >= 4 is 17.5 Å². The highest BCUT2D eigenvalue weighted by Crippen LogP contribution is 2.36. The van der Waals surface area contributed by atoms with Gasteiger partial charge in [0.2, 0.25) is 11.8 Å². The molecule has 0 spiro atoms. The van der Waals surface area contributed by atoms with Crippen LogP contribution in [0.2, 0.25) is 0 Å². The molecule has 0 radical (unpaired) electrons. The van der Waals surface area contributed by atoms with Crippen molar-refractivity contribution in [3.63, 3.8) is 0 Å². The zero-order chi connectivity index (χ0) is 26.7. The number of aromatic nitrogens is 3. The number of alkyl halides is 2. The molecular formula is C27H31F2N5O3. The van der Waals surface area contributed by atoms with Gasteiger partial charge >= 0.3 is 0 Å². The molecule has 1 aromatic carbocycles. The molecule has 0 bridgehead atoms. The molecule has 2 aromatic heterocycles. The van der Waals surface area contributed by atoms with Crippen molar-refractivity contribution in [3.05, 3.63) is 71.0 Å². The lowest BCUT2D eigenvalue weighted by Crippen LogP contribution is -2.49. The highest BCUT2D eigenvalue weighted by molar-refractivity contribution is 6.00. The fourth-order valence-electron chi connectivity index (χ4n) is 4.98. The monoisotopic (exact) mass is 511 g/mol. The maximum absolute atomic E-state index is 14.0. The average Bonchev–Trinajstić information content (AvgIpc) is 3.20. The van der Waals surface area contributed by atoms with Crippen LogP contribution in [0.15, 0.2) is 48.8 Å². The molecule has 1 fully saturated rings. The standard InChI is InChI=1S/C27H31F2N5O3/c1-17-12-16-34(37)18(2)23(17)19-6-8-21(9-7-19)31-26(36)24(20-5-4-13-27(28,29)14-10-20)32-25(35)22-11-15-30-33(22)3/h6-9,11-12,15-16,20,24H,4-5,10,13-14H2,1-3H3,(H,31,36)(H,32,35)/t20?,24-/m1/s1. The van der Waals surface area contributed by atoms with Gasteiger partial charge in [-0.3, -0.25) is 14.3 Å². The molecule has 3 aromatic rings. The zero-order valence-electron chi connectivity index (χ0n) is 21.1. The van der Waals surface area contributed by atoms with E-state index in [0.29, 0.717) is 17.8 Å². The third kappa shape index (κ3) is 5.95. The number of nitrogens with zero attached hydrogens (tertiary/aromatic N) is 3. The maximum Gasteiger partial charge on any atom is 0.270 e. The first kappa shape index (κ1) is 26.2. The van der Waals surface area contributed by atoms with Gasteiger partial charge in [0.25, 0.3) is 5.91 Å². The lowest BCUT2D eigenvalue weighted by atomic mass is 9.90. The summed E-state index contributed by atoms with van der Waals surface area (Å²) in [4.78, 5) is 26.3. The van der Waals surface area contributed by atoms with Crippen LogP contribution in [0.25, 0.3) is 11.1 Å². The Morgan fingerprint density at radius 3 is 2.54 bits per heavy atom. The first-order chi connectivity index (χ1) is 17.6. The first-order valence-corrected chi connectivity index (χ1v) is 12.3. The number of hydrogen-bond donors (Lipinski definition) is 2. The average molecular weight is 512 g/mol. The highest BCUT2D eigenvalue weighted by Gasteiger charge is 2.38. The second-order valence-corrected chi connectivity index (χ2v) is 9.69. The van der Waals surface area contributed by atoms with Crippen molar-refractivity contribution in [2.45, 2.75) is 57.9 Å². The number of pyridine rings is 1. The largest absolute Gasteiger partial charge is 0.618 e. The van der Waals surface area contributed by atoms with Crippen molar-refractivity contribution in [1.29, 1.82) is 0 Å². The SMILES string of the molecule is Cc1cc[n+]([O-])c(C)c1-c1ccc(NC(=O)[C@H](NC(=O)c2ccnn2C)C2CCCC(F)(F)CC2)cc1. The van der Waals surface area contributed by atoms with Gasteiger partial charge in [0.15, 0.2) is 11.9 Å². The smallest absolute Gasteiger partial charge is 0.270 e. The topological polar surface area (TPSA) is 103 Å². The maximum atomic E-state index is 14.0. The molecule has 2 amide bonds. The summed E-state index contributed by atoms with van der Waals surface area (Å²) in [5, 5.41) is 21.6. The van der Waals surface area contributed by atoms with Gasteiger partial charge in [-0.05, 0) is 61.4 Å². The molecule has 0 saturated heterocycles. The van der Waals surface area contributed by atoms with Crippen molar-refractivity contribution in [1.82, 2.24) is 15.1 Å². The second kappa shape index (κ2) is 10.7. The molecule has 1 unspecified atom stereocenters. The van der Waals surface area contributed by atoms with Gasteiger partial charge < -0.3 is 15.8 Å². The minimum Gasteiger partial charge on any atom is -0.618 e. The molecule has 0 aliphatic heterocycles. The van der Waals surface area contributed by atoms with Gasteiger partial charge in [-0.15, -0.1) is 0 Å². The number of carbonyl (C=O) groups is 2. The fourth-order valence-corrected chi connectivity index (χ4v) is 4.98. The quantitative estimate of drug-likeness (QED) is 0.293. The van der Waals surface area contributed by atoms with Crippen LogP contribution in [0.1, 0.15) is 53.8 Å². The van der Waals surface area contributed by atoms with E-state index in [2.05, 4.69) is 15.7 Å². The summed E-state index contributed by atoms with van der Waals surface area (Å²) in [5.41, 5.74) is 3.92. The van der Waals surface area contributed by atoms with Gasteiger partial charge in [-0.1, -0.05) is 12.1 Å². The lowest BCUT2D eigenvalue weighted by Gasteiger charge is -2.26. The molecule has 196 valence electrons. The summed E-state index contributed by atoms with van der Waals surface area (Å²) in [6.45, 7) is 3.67. The van der Waals surface area contributed by atoms with E-state index in [4.69, 9.17) is 0 Å². The molecule has 8 nitrogen and oxygen atoms in total. The molecule has 2 heterocycles. The Bertz CT molecular complexity index is 1290. The summed E-state index contributed by atoms with van der Waals surface area (Å²) < 4.78 is 30.3. The van der Waals surface area contributed by atoms with Crippen LogP contribution in [0.3, 0.4) is 0 Å². The van der Waals surface area contributed by atoms with Crippen LogP contribution in [0.4, 0.5) is 14.5 Å². The molecule has 1 aliphatic carbocycles. The van der Waals surface area contributed by atoms with Crippen molar-refractivity contribution in [3.8, 4) is 11.1 Å². The van der Waals surface area contributed by atoms with Gasteiger partial charge in [0.1, 0.15) is 11.7 Å². The number of amides is 2. The van der Waals surface area contributed by atoms with Crippen molar-refractivity contribution in [2.75, 3.05) is 5.32 Å². The summed E-state index contributed by atoms with van der Waals surface area (Å²) in [7, 11) is 1.61. The Kier molecular flexibility index (Phi) is 7.56.